The van der Waals surface area contributed by atoms with Gasteiger partial charge in [0.15, 0.2) is 0 Å². The number of amides is 1. The van der Waals surface area contributed by atoms with Crippen molar-refractivity contribution in [2.24, 2.45) is 0 Å². The van der Waals surface area contributed by atoms with E-state index in [2.05, 4.69) is 27.2 Å². The standard InChI is InChI=1S/C14H20N4O/c1-3-8-15-13-9-12(16-10(2)17-13)14(19)18-11-6-4-5-7-11/h3,9,11H,1,4-8H2,2H3,(H,18,19)(H,15,16,17). The minimum Gasteiger partial charge on any atom is -0.366 e. The van der Waals surface area contributed by atoms with Crippen LogP contribution in [0.25, 0.3) is 0 Å². The van der Waals surface area contributed by atoms with E-state index in [4.69, 9.17) is 0 Å². The Balaban J connectivity index is 2.06. The normalized spacial score (nSPS) is 15.2. The van der Waals surface area contributed by atoms with Gasteiger partial charge < -0.3 is 10.6 Å². The van der Waals surface area contributed by atoms with Gasteiger partial charge in [0.2, 0.25) is 0 Å². The third-order valence-corrected chi connectivity index (χ3v) is 3.19. The van der Waals surface area contributed by atoms with Crippen molar-refractivity contribution in [2.45, 2.75) is 38.6 Å². The lowest BCUT2D eigenvalue weighted by atomic mass is 10.2. The van der Waals surface area contributed by atoms with Crippen molar-refractivity contribution in [3.05, 3.63) is 30.2 Å². The molecule has 5 heteroatoms. The van der Waals surface area contributed by atoms with E-state index in [-0.39, 0.29) is 5.91 Å². The van der Waals surface area contributed by atoms with Gasteiger partial charge in [0.25, 0.3) is 5.91 Å². The molecule has 1 aromatic rings. The van der Waals surface area contributed by atoms with Gasteiger partial charge in [0.05, 0.1) is 0 Å². The zero-order valence-electron chi connectivity index (χ0n) is 11.3. The van der Waals surface area contributed by atoms with Crippen LogP contribution in [-0.4, -0.2) is 28.5 Å². The van der Waals surface area contributed by atoms with Crippen LogP contribution in [0.2, 0.25) is 0 Å². The molecule has 0 aromatic carbocycles. The van der Waals surface area contributed by atoms with Gasteiger partial charge >= 0.3 is 0 Å². The highest BCUT2D eigenvalue weighted by atomic mass is 16.1. The lowest BCUT2D eigenvalue weighted by Crippen LogP contribution is -2.33. The molecule has 1 aliphatic carbocycles. The van der Waals surface area contributed by atoms with Crippen molar-refractivity contribution in [3.63, 3.8) is 0 Å². The number of carbonyl (C=O) groups is 1. The summed E-state index contributed by atoms with van der Waals surface area (Å²) in [6.45, 7) is 6.03. The summed E-state index contributed by atoms with van der Waals surface area (Å²) in [7, 11) is 0. The number of nitrogens with one attached hydrogen (secondary N) is 2. The zero-order valence-corrected chi connectivity index (χ0v) is 11.3. The lowest BCUT2D eigenvalue weighted by Gasteiger charge is -2.12. The Morgan fingerprint density at radius 1 is 1.47 bits per heavy atom. The third kappa shape index (κ3) is 3.77. The molecule has 1 aliphatic rings. The molecule has 1 aromatic heterocycles. The molecule has 1 heterocycles. The molecule has 102 valence electrons. The monoisotopic (exact) mass is 260 g/mol. The molecule has 0 atom stereocenters. The number of anilines is 1. The van der Waals surface area contributed by atoms with Crippen LogP contribution in [0.3, 0.4) is 0 Å². The second-order valence-electron chi connectivity index (χ2n) is 4.81. The molecular weight excluding hydrogens is 240 g/mol. The number of rotatable bonds is 5. The summed E-state index contributed by atoms with van der Waals surface area (Å²) in [5, 5.41) is 6.10. The van der Waals surface area contributed by atoms with Crippen molar-refractivity contribution >= 4 is 11.7 Å². The highest BCUT2D eigenvalue weighted by molar-refractivity contribution is 5.93. The molecule has 0 bridgehead atoms. The van der Waals surface area contributed by atoms with E-state index < -0.39 is 0 Å². The summed E-state index contributed by atoms with van der Waals surface area (Å²) in [4.78, 5) is 20.6. The predicted octanol–water partition coefficient (Wildman–Crippen LogP) is 2.06. The zero-order chi connectivity index (χ0) is 13.7. The van der Waals surface area contributed by atoms with Crippen molar-refractivity contribution in [1.82, 2.24) is 15.3 Å². The fourth-order valence-corrected chi connectivity index (χ4v) is 2.28. The van der Waals surface area contributed by atoms with Crippen molar-refractivity contribution in [3.8, 4) is 0 Å². The Morgan fingerprint density at radius 3 is 2.89 bits per heavy atom. The van der Waals surface area contributed by atoms with Crippen LogP contribution in [0.15, 0.2) is 18.7 Å². The van der Waals surface area contributed by atoms with Crippen LogP contribution in [0, 0.1) is 6.92 Å². The average Bonchev–Trinajstić information content (AvgIpc) is 2.88. The molecule has 2 rings (SSSR count). The minimum absolute atomic E-state index is 0.112. The van der Waals surface area contributed by atoms with Crippen LogP contribution in [0.5, 0.6) is 0 Å². The van der Waals surface area contributed by atoms with Gasteiger partial charge in [-0.1, -0.05) is 18.9 Å². The minimum atomic E-state index is -0.112. The molecule has 0 unspecified atom stereocenters. The topological polar surface area (TPSA) is 66.9 Å². The summed E-state index contributed by atoms with van der Waals surface area (Å²) in [5.74, 6) is 1.13. The maximum atomic E-state index is 12.1. The van der Waals surface area contributed by atoms with Gasteiger partial charge in [-0.05, 0) is 19.8 Å². The third-order valence-electron chi connectivity index (χ3n) is 3.19. The smallest absolute Gasteiger partial charge is 0.270 e. The van der Waals surface area contributed by atoms with Gasteiger partial charge in [-0.2, -0.15) is 0 Å². The van der Waals surface area contributed by atoms with Crippen LogP contribution >= 0.6 is 0 Å². The first-order valence-electron chi connectivity index (χ1n) is 6.70. The number of hydrogen-bond acceptors (Lipinski definition) is 4. The van der Waals surface area contributed by atoms with Gasteiger partial charge in [-0.25, -0.2) is 9.97 Å². The van der Waals surface area contributed by atoms with Gasteiger partial charge in [-0.15, -0.1) is 6.58 Å². The first-order chi connectivity index (χ1) is 9.19. The number of carbonyl (C=O) groups excluding carboxylic acids is 1. The van der Waals surface area contributed by atoms with E-state index in [0.29, 0.717) is 29.9 Å². The van der Waals surface area contributed by atoms with E-state index in [1.807, 2.05) is 0 Å². The van der Waals surface area contributed by atoms with Crippen molar-refractivity contribution in [2.75, 3.05) is 11.9 Å². The quantitative estimate of drug-likeness (QED) is 0.795. The van der Waals surface area contributed by atoms with Crippen LogP contribution < -0.4 is 10.6 Å². The average molecular weight is 260 g/mol. The number of hydrogen-bond donors (Lipinski definition) is 2. The molecule has 0 radical (unpaired) electrons. The van der Waals surface area contributed by atoms with Crippen LogP contribution in [0.4, 0.5) is 5.82 Å². The highest BCUT2D eigenvalue weighted by Gasteiger charge is 2.19. The van der Waals surface area contributed by atoms with Crippen molar-refractivity contribution in [1.29, 1.82) is 0 Å². The number of aromatic nitrogens is 2. The van der Waals surface area contributed by atoms with E-state index in [0.717, 1.165) is 12.8 Å². The second kappa shape index (κ2) is 6.31. The molecule has 0 spiro atoms. The Kier molecular flexibility index (Phi) is 4.49. The highest BCUT2D eigenvalue weighted by Crippen LogP contribution is 2.18. The molecule has 0 aliphatic heterocycles. The first-order valence-corrected chi connectivity index (χ1v) is 6.70. The SMILES string of the molecule is C=CCNc1cc(C(=O)NC2CCCC2)nc(C)n1. The molecule has 19 heavy (non-hydrogen) atoms. The molecular formula is C14H20N4O. The van der Waals surface area contributed by atoms with Gasteiger partial charge in [0, 0.05) is 18.7 Å². The fourth-order valence-electron chi connectivity index (χ4n) is 2.28. The summed E-state index contributed by atoms with van der Waals surface area (Å²) in [5.41, 5.74) is 0.422. The molecule has 1 saturated carbocycles. The Labute approximate surface area is 113 Å². The van der Waals surface area contributed by atoms with Gasteiger partial charge in [-0.3, -0.25) is 4.79 Å². The molecule has 5 nitrogen and oxygen atoms in total. The van der Waals surface area contributed by atoms with E-state index in [1.54, 1.807) is 19.1 Å². The maximum Gasteiger partial charge on any atom is 0.270 e. The molecule has 2 N–H and O–H groups in total. The molecule has 1 amide bonds. The molecule has 0 saturated heterocycles. The maximum absolute atomic E-state index is 12.1. The lowest BCUT2D eigenvalue weighted by molar-refractivity contribution is 0.0932. The Bertz CT molecular complexity index is 467. The summed E-state index contributed by atoms with van der Waals surface area (Å²) < 4.78 is 0. The first kappa shape index (κ1) is 13.5. The van der Waals surface area contributed by atoms with Gasteiger partial charge in [0.1, 0.15) is 17.3 Å². The second-order valence-corrected chi connectivity index (χ2v) is 4.81. The van der Waals surface area contributed by atoms with E-state index in [9.17, 15) is 4.79 Å². The Hall–Kier alpha value is -1.91. The largest absolute Gasteiger partial charge is 0.366 e. The number of aryl methyl sites for hydroxylation is 1. The van der Waals surface area contributed by atoms with Crippen LogP contribution in [0.1, 0.15) is 42.0 Å². The predicted molar refractivity (Wildman–Crippen MR) is 75.2 cm³/mol. The summed E-state index contributed by atoms with van der Waals surface area (Å²) in [6, 6.07) is 1.98. The fraction of sp³-hybridized carbons (Fsp3) is 0.500. The Morgan fingerprint density at radius 2 is 2.21 bits per heavy atom. The van der Waals surface area contributed by atoms with E-state index >= 15 is 0 Å². The summed E-state index contributed by atoms with van der Waals surface area (Å²) >= 11 is 0. The summed E-state index contributed by atoms with van der Waals surface area (Å²) in [6.07, 6.45) is 6.27. The van der Waals surface area contributed by atoms with Crippen LogP contribution in [-0.2, 0) is 0 Å². The molecule has 1 fully saturated rings. The number of nitrogens with zero attached hydrogens (tertiary/aromatic N) is 2. The van der Waals surface area contributed by atoms with E-state index in [1.165, 1.54) is 12.8 Å². The van der Waals surface area contributed by atoms with Crippen molar-refractivity contribution < 1.29 is 4.79 Å².